The van der Waals surface area contributed by atoms with E-state index in [9.17, 15) is 18.0 Å². The van der Waals surface area contributed by atoms with E-state index in [1.165, 1.54) is 6.07 Å². The first-order valence-corrected chi connectivity index (χ1v) is 11.1. The molecule has 8 heteroatoms. The molecule has 0 radical (unpaired) electrons. The molecular weight excluding hydrogens is 378 g/mol. The third kappa shape index (κ3) is 3.77. The number of nitrogens with zero attached hydrogens (tertiary/aromatic N) is 2. The summed E-state index contributed by atoms with van der Waals surface area (Å²) >= 11 is 0. The Kier molecular flexibility index (Phi) is 4.89. The molecule has 1 atom stereocenters. The third-order valence-electron chi connectivity index (χ3n) is 5.12. The van der Waals surface area contributed by atoms with Crippen molar-refractivity contribution in [2.75, 3.05) is 23.0 Å². The van der Waals surface area contributed by atoms with Crippen LogP contribution in [0.4, 0.5) is 5.69 Å². The van der Waals surface area contributed by atoms with Gasteiger partial charge in [0.2, 0.25) is 0 Å². The van der Waals surface area contributed by atoms with Gasteiger partial charge in [0, 0.05) is 18.3 Å². The molecule has 2 amide bonds. The fourth-order valence-corrected chi connectivity index (χ4v) is 5.40. The van der Waals surface area contributed by atoms with Crippen LogP contribution < -0.4 is 10.2 Å². The second-order valence-corrected chi connectivity index (χ2v) is 9.40. The topological polar surface area (TPSA) is 96.4 Å². The lowest BCUT2D eigenvalue weighted by Crippen LogP contribution is -2.37. The number of hydrogen-bond donors (Lipinski definition) is 1. The molecule has 28 heavy (non-hydrogen) atoms. The van der Waals surface area contributed by atoms with Gasteiger partial charge in [0.15, 0.2) is 9.84 Å². The van der Waals surface area contributed by atoms with Gasteiger partial charge in [-0.25, -0.2) is 13.4 Å². The Morgan fingerprint density at radius 2 is 1.86 bits per heavy atom. The number of benzene rings is 1. The minimum absolute atomic E-state index is 0.0536. The quantitative estimate of drug-likeness (QED) is 0.846. The Morgan fingerprint density at radius 1 is 1.07 bits per heavy atom. The molecule has 4 rings (SSSR count). The minimum Gasteiger partial charge on any atom is -0.347 e. The van der Waals surface area contributed by atoms with Gasteiger partial charge in [0.1, 0.15) is 11.4 Å². The number of aromatic nitrogens is 1. The van der Waals surface area contributed by atoms with Crippen LogP contribution >= 0.6 is 0 Å². The molecule has 2 aliphatic rings. The number of sulfone groups is 1. The average Bonchev–Trinajstić information content (AvgIpc) is 3.05. The number of para-hydroxylation sites is 1. The molecule has 0 saturated carbocycles. The normalized spacial score (nSPS) is 20.4. The fourth-order valence-electron chi connectivity index (χ4n) is 3.73. The molecule has 2 aliphatic heterocycles. The van der Waals surface area contributed by atoms with Crippen molar-refractivity contribution in [1.82, 2.24) is 10.3 Å². The lowest BCUT2D eigenvalue weighted by Gasteiger charge is -2.29. The molecule has 1 unspecified atom stereocenters. The van der Waals surface area contributed by atoms with Crippen LogP contribution in [0.5, 0.6) is 0 Å². The molecule has 0 bridgehead atoms. The predicted molar refractivity (Wildman–Crippen MR) is 105 cm³/mol. The number of carbonyl (C=O) groups excluding carboxylic acids is 2. The van der Waals surface area contributed by atoms with Crippen LogP contribution in [-0.2, 0) is 16.3 Å². The standard InChI is InChI=1S/C20H21N3O4S/c24-19(21-15-10-12-28(26,27)13-15)16-7-3-8-17(22-16)20(25)23-11-4-6-14-5-1-2-9-18(14)23/h1-3,5,7-9,15H,4,6,10-13H2,(H,21,24). The Hall–Kier alpha value is -2.74. The fraction of sp³-hybridized carbons (Fsp3) is 0.350. The van der Waals surface area contributed by atoms with Crippen molar-refractivity contribution >= 4 is 27.3 Å². The van der Waals surface area contributed by atoms with Crippen LogP contribution in [0.25, 0.3) is 0 Å². The van der Waals surface area contributed by atoms with E-state index in [4.69, 9.17) is 0 Å². The number of anilines is 1. The highest BCUT2D eigenvalue weighted by Crippen LogP contribution is 2.27. The van der Waals surface area contributed by atoms with Crippen molar-refractivity contribution < 1.29 is 18.0 Å². The van der Waals surface area contributed by atoms with Crippen molar-refractivity contribution in [3.8, 4) is 0 Å². The summed E-state index contributed by atoms with van der Waals surface area (Å²) in [5.41, 5.74) is 2.31. The number of amides is 2. The average molecular weight is 399 g/mol. The zero-order valence-corrected chi connectivity index (χ0v) is 16.1. The molecule has 1 fully saturated rings. The number of aryl methyl sites for hydroxylation is 1. The summed E-state index contributed by atoms with van der Waals surface area (Å²) in [7, 11) is -3.08. The summed E-state index contributed by atoms with van der Waals surface area (Å²) in [6.45, 7) is 0.605. The van der Waals surface area contributed by atoms with Crippen molar-refractivity contribution in [3.05, 3.63) is 59.4 Å². The van der Waals surface area contributed by atoms with E-state index in [1.54, 1.807) is 17.0 Å². The summed E-state index contributed by atoms with van der Waals surface area (Å²) in [5, 5.41) is 2.71. The maximum absolute atomic E-state index is 13.0. The van der Waals surface area contributed by atoms with Gasteiger partial charge in [0.25, 0.3) is 11.8 Å². The van der Waals surface area contributed by atoms with E-state index in [0.29, 0.717) is 13.0 Å². The molecule has 1 saturated heterocycles. The molecule has 0 spiro atoms. The lowest BCUT2D eigenvalue weighted by atomic mass is 10.0. The van der Waals surface area contributed by atoms with E-state index in [-0.39, 0.29) is 28.8 Å². The molecule has 146 valence electrons. The highest BCUT2D eigenvalue weighted by atomic mass is 32.2. The molecule has 1 N–H and O–H groups in total. The zero-order chi connectivity index (χ0) is 19.7. The van der Waals surface area contributed by atoms with Crippen molar-refractivity contribution in [3.63, 3.8) is 0 Å². The first-order chi connectivity index (χ1) is 13.4. The summed E-state index contributed by atoms with van der Waals surface area (Å²) in [4.78, 5) is 31.4. The van der Waals surface area contributed by atoms with E-state index in [0.717, 1.165) is 24.1 Å². The van der Waals surface area contributed by atoms with Crippen LogP contribution in [0.1, 0.15) is 39.4 Å². The van der Waals surface area contributed by atoms with Gasteiger partial charge in [-0.2, -0.15) is 0 Å². The van der Waals surface area contributed by atoms with Gasteiger partial charge in [-0.05, 0) is 43.0 Å². The maximum Gasteiger partial charge on any atom is 0.276 e. The monoisotopic (exact) mass is 399 g/mol. The third-order valence-corrected chi connectivity index (χ3v) is 6.89. The van der Waals surface area contributed by atoms with Crippen molar-refractivity contribution in [2.24, 2.45) is 0 Å². The second kappa shape index (κ2) is 7.35. The molecule has 1 aromatic carbocycles. The summed E-state index contributed by atoms with van der Waals surface area (Å²) < 4.78 is 23.1. The van der Waals surface area contributed by atoms with Crippen LogP contribution in [-0.4, -0.2) is 49.3 Å². The van der Waals surface area contributed by atoms with Crippen LogP contribution in [0.15, 0.2) is 42.5 Å². The number of nitrogens with one attached hydrogen (secondary N) is 1. The van der Waals surface area contributed by atoms with Crippen LogP contribution in [0.2, 0.25) is 0 Å². The van der Waals surface area contributed by atoms with E-state index < -0.39 is 21.8 Å². The SMILES string of the molecule is O=C(NC1CCS(=O)(=O)C1)c1cccc(C(=O)N2CCCc3ccccc32)n1. The number of fused-ring (bicyclic) bond motifs is 1. The molecule has 2 aromatic rings. The van der Waals surface area contributed by atoms with Crippen molar-refractivity contribution in [2.45, 2.75) is 25.3 Å². The van der Waals surface area contributed by atoms with Gasteiger partial charge in [-0.3, -0.25) is 9.59 Å². The minimum atomic E-state index is -3.08. The molecule has 1 aromatic heterocycles. The summed E-state index contributed by atoms with van der Waals surface area (Å²) in [6, 6.07) is 12.1. The largest absolute Gasteiger partial charge is 0.347 e. The molecule has 7 nitrogen and oxygen atoms in total. The van der Waals surface area contributed by atoms with Gasteiger partial charge < -0.3 is 10.2 Å². The number of carbonyl (C=O) groups is 2. The van der Waals surface area contributed by atoms with E-state index >= 15 is 0 Å². The van der Waals surface area contributed by atoms with Gasteiger partial charge in [0.05, 0.1) is 11.5 Å². The smallest absolute Gasteiger partial charge is 0.276 e. The van der Waals surface area contributed by atoms with Gasteiger partial charge in [-0.15, -0.1) is 0 Å². The number of hydrogen-bond acceptors (Lipinski definition) is 5. The Morgan fingerprint density at radius 3 is 2.64 bits per heavy atom. The maximum atomic E-state index is 13.0. The Labute approximate surface area is 163 Å². The highest BCUT2D eigenvalue weighted by molar-refractivity contribution is 7.91. The van der Waals surface area contributed by atoms with Gasteiger partial charge >= 0.3 is 0 Å². The highest BCUT2D eigenvalue weighted by Gasteiger charge is 2.30. The van der Waals surface area contributed by atoms with Crippen LogP contribution in [0, 0.1) is 0 Å². The molecular formula is C20H21N3O4S. The van der Waals surface area contributed by atoms with E-state index in [2.05, 4.69) is 10.3 Å². The lowest BCUT2D eigenvalue weighted by molar-refractivity contribution is 0.0935. The molecule has 0 aliphatic carbocycles. The predicted octanol–water partition coefficient (Wildman–Crippen LogP) is 1.59. The Bertz CT molecular complexity index is 1040. The Balaban J connectivity index is 1.53. The molecule has 3 heterocycles. The van der Waals surface area contributed by atoms with Crippen LogP contribution in [0.3, 0.4) is 0 Å². The summed E-state index contributed by atoms with van der Waals surface area (Å²) in [6.07, 6.45) is 2.20. The van der Waals surface area contributed by atoms with Crippen molar-refractivity contribution in [1.29, 1.82) is 0 Å². The first-order valence-electron chi connectivity index (χ1n) is 9.31. The first kappa shape index (κ1) is 18.6. The second-order valence-electron chi connectivity index (χ2n) is 7.17. The van der Waals surface area contributed by atoms with E-state index in [1.807, 2.05) is 24.3 Å². The summed E-state index contributed by atoms with van der Waals surface area (Å²) in [5.74, 6) is -0.679. The van der Waals surface area contributed by atoms with Gasteiger partial charge in [-0.1, -0.05) is 24.3 Å². The zero-order valence-electron chi connectivity index (χ0n) is 15.3. The number of rotatable bonds is 3. The number of pyridine rings is 1.